The molecule has 1 saturated heterocycles. The van der Waals surface area contributed by atoms with E-state index in [1.54, 1.807) is 12.4 Å². The molecule has 7 nitrogen and oxygen atoms in total. The number of carbonyl (C=O) groups excluding carboxylic acids is 1. The lowest BCUT2D eigenvalue weighted by Gasteiger charge is -2.22. The van der Waals surface area contributed by atoms with Crippen molar-refractivity contribution in [3.8, 4) is 5.75 Å². The molecular formula is C23H28N4O3. The Kier molecular flexibility index (Phi) is 6.59. The molecule has 1 fully saturated rings. The summed E-state index contributed by atoms with van der Waals surface area (Å²) in [5.41, 5.74) is 2.43. The summed E-state index contributed by atoms with van der Waals surface area (Å²) in [6, 6.07) is 7.68. The molecule has 1 aliphatic rings. The maximum atomic E-state index is 12.6. The quantitative estimate of drug-likeness (QED) is 0.556. The molecule has 0 radical (unpaired) electrons. The van der Waals surface area contributed by atoms with Crippen LogP contribution < -0.4 is 10.1 Å². The van der Waals surface area contributed by atoms with E-state index in [1.807, 2.05) is 25.1 Å². The van der Waals surface area contributed by atoms with Crippen molar-refractivity contribution in [3.05, 3.63) is 53.7 Å². The number of rotatable bonds is 8. The highest BCUT2D eigenvalue weighted by Gasteiger charge is 2.20. The summed E-state index contributed by atoms with van der Waals surface area (Å²) in [6.45, 7) is 4.68. The smallest absolute Gasteiger partial charge is 0.251 e. The highest BCUT2D eigenvalue weighted by Crippen LogP contribution is 2.33. The summed E-state index contributed by atoms with van der Waals surface area (Å²) < 4.78 is 11.4. The summed E-state index contributed by atoms with van der Waals surface area (Å²) >= 11 is 0. The zero-order chi connectivity index (χ0) is 20.8. The minimum absolute atomic E-state index is 0.0902. The molecule has 30 heavy (non-hydrogen) atoms. The van der Waals surface area contributed by atoms with Gasteiger partial charge in [-0.15, -0.1) is 0 Å². The predicted molar refractivity (Wildman–Crippen MR) is 115 cm³/mol. The summed E-state index contributed by atoms with van der Waals surface area (Å²) in [6.07, 6.45) is 7.09. The van der Waals surface area contributed by atoms with Crippen molar-refractivity contribution in [3.63, 3.8) is 0 Å². The molecule has 4 rings (SSSR count). The number of H-pyrrole nitrogens is 1. The lowest BCUT2D eigenvalue weighted by Crippen LogP contribution is -2.24. The Labute approximate surface area is 176 Å². The number of amides is 1. The van der Waals surface area contributed by atoms with Gasteiger partial charge >= 0.3 is 0 Å². The van der Waals surface area contributed by atoms with Crippen molar-refractivity contribution in [1.29, 1.82) is 0 Å². The molecule has 1 amide bonds. The van der Waals surface area contributed by atoms with Crippen molar-refractivity contribution in [2.24, 2.45) is 0 Å². The van der Waals surface area contributed by atoms with Crippen molar-refractivity contribution in [1.82, 2.24) is 20.3 Å². The molecule has 1 aromatic carbocycles. The minimum Gasteiger partial charge on any atom is -0.493 e. The van der Waals surface area contributed by atoms with Crippen molar-refractivity contribution in [2.45, 2.75) is 38.5 Å². The maximum absolute atomic E-state index is 12.6. The molecule has 158 valence electrons. The van der Waals surface area contributed by atoms with Gasteiger partial charge in [-0.3, -0.25) is 9.78 Å². The molecule has 0 atom stereocenters. The SMILES string of the molecule is CCOc1cc(C2CCOCC2)nc2cc(C(=O)NCCCc3ncc[nH]3)ccc12. The van der Waals surface area contributed by atoms with Crippen LogP contribution in [-0.2, 0) is 11.2 Å². The van der Waals surface area contributed by atoms with Gasteiger partial charge in [0, 0.05) is 67.2 Å². The van der Waals surface area contributed by atoms with E-state index < -0.39 is 0 Å². The Hall–Kier alpha value is -2.93. The van der Waals surface area contributed by atoms with Gasteiger partial charge in [-0.05, 0) is 44.4 Å². The fraction of sp³-hybridized carbons (Fsp3) is 0.435. The third kappa shape index (κ3) is 4.79. The van der Waals surface area contributed by atoms with Crippen molar-refractivity contribution < 1.29 is 14.3 Å². The number of aromatic amines is 1. The van der Waals surface area contributed by atoms with E-state index in [9.17, 15) is 4.79 Å². The van der Waals surface area contributed by atoms with Crippen LogP contribution in [0.5, 0.6) is 5.75 Å². The molecule has 0 saturated carbocycles. The number of pyridine rings is 1. The van der Waals surface area contributed by atoms with Gasteiger partial charge in [-0.25, -0.2) is 4.98 Å². The lowest BCUT2D eigenvalue weighted by molar-refractivity contribution is 0.0845. The number of benzene rings is 1. The second-order valence-electron chi connectivity index (χ2n) is 7.49. The molecule has 0 spiro atoms. The molecular weight excluding hydrogens is 380 g/mol. The monoisotopic (exact) mass is 408 g/mol. The van der Waals surface area contributed by atoms with Crippen molar-refractivity contribution in [2.75, 3.05) is 26.4 Å². The van der Waals surface area contributed by atoms with Gasteiger partial charge in [0.15, 0.2) is 0 Å². The van der Waals surface area contributed by atoms with Crippen molar-refractivity contribution >= 4 is 16.8 Å². The van der Waals surface area contributed by atoms with E-state index in [0.29, 0.717) is 24.6 Å². The highest BCUT2D eigenvalue weighted by molar-refractivity contribution is 5.98. The normalized spacial score (nSPS) is 14.7. The molecule has 7 heteroatoms. The first-order valence-electron chi connectivity index (χ1n) is 10.7. The average Bonchev–Trinajstić information content (AvgIpc) is 3.30. The minimum atomic E-state index is -0.0902. The number of fused-ring (bicyclic) bond motifs is 1. The Morgan fingerprint density at radius 2 is 2.17 bits per heavy atom. The second-order valence-corrected chi connectivity index (χ2v) is 7.49. The van der Waals surface area contributed by atoms with Gasteiger partial charge in [0.25, 0.3) is 5.91 Å². The van der Waals surface area contributed by atoms with Gasteiger partial charge in [-0.1, -0.05) is 0 Å². The van der Waals surface area contributed by atoms with Crippen LogP contribution in [0, 0.1) is 0 Å². The largest absolute Gasteiger partial charge is 0.493 e. The average molecular weight is 409 g/mol. The van der Waals surface area contributed by atoms with Gasteiger partial charge in [0.2, 0.25) is 0 Å². The highest BCUT2D eigenvalue weighted by atomic mass is 16.5. The standard InChI is InChI=1S/C23H28N4O3/c1-2-30-21-15-19(16-7-12-29-13-8-16)27-20-14-17(5-6-18(20)21)23(28)26-9-3-4-22-24-10-11-25-22/h5-6,10-11,14-16H,2-4,7-9,12-13H2,1H3,(H,24,25)(H,26,28). The Balaban J connectivity index is 1.50. The summed E-state index contributed by atoms with van der Waals surface area (Å²) in [5.74, 6) is 2.03. The fourth-order valence-electron chi connectivity index (χ4n) is 3.83. The summed E-state index contributed by atoms with van der Waals surface area (Å²) in [7, 11) is 0. The summed E-state index contributed by atoms with van der Waals surface area (Å²) in [4.78, 5) is 24.8. The number of hydrogen-bond donors (Lipinski definition) is 2. The molecule has 3 aromatic rings. The number of imidazole rings is 1. The number of hydrogen-bond acceptors (Lipinski definition) is 5. The lowest BCUT2D eigenvalue weighted by atomic mass is 9.95. The first-order chi connectivity index (χ1) is 14.7. The molecule has 2 aromatic heterocycles. The molecule has 1 aliphatic heterocycles. The Bertz CT molecular complexity index is 982. The molecule has 0 bridgehead atoms. The van der Waals surface area contributed by atoms with Crippen LogP contribution in [0.2, 0.25) is 0 Å². The van der Waals surface area contributed by atoms with Crippen LogP contribution in [0.1, 0.15) is 54.0 Å². The Morgan fingerprint density at radius 1 is 1.30 bits per heavy atom. The fourth-order valence-corrected chi connectivity index (χ4v) is 3.83. The zero-order valence-electron chi connectivity index (χ0n) is 17.3. The summed E-state index contributed by atoms with van der Waals surface area (Å²) in [5, 5.41) is 3.92. The first-order valence-corrected chi connectivity index (χ1v) is 10.7. The molecule has 0 unspecified atom stereocenters. The molecule has 0 aliphatic carbocycles. The van der Waals surface area contributed by atoms with Crippen LogP contribution >= 0.6 is 0 Å². The van der Waals surface area contributed by atoms with E-state index in [2.05, 4.69) is 21.4 Å². The van der Waals surface area contributed by atoms with E-state index in [-0.39, 0.29) is 5.91 Å². The zero-order valence-corrected chi connectivity index (χ0v) is 17.3. The van der Waals surface area contributed by atoms with E-state index in [1.165, 1.54) is 0 Å². The predicted octanol–water partition coefficient (Wildman–Crippen LogP) is 3.61. The topological polar surface area (TPSA) is 89.1 Å². The van der Waals surface area contributed by atoms with Crippen LogP contribution in [0.25, 0.3) is 10.9 Å². The van der Waals surface area contributed by atoms with Crippen LogP contribution in [0.15, 0.2) is 36.7 Å². The van der Waals surface area contributed by atoms with Crippen LogP contribution in [0.3, 0.4) is 0 Å². The number of nitrogens with zero attached hydrogens (tertiary/aromatic N) is 2. The molecule has 3 heterocycles. The number of ether oxygens (including phenoxy) is 2. The third-order valence-corrected chi connectivity index (χ3v) is 5.42. The maximum Gasteiger partial charge on any atom is 0.251 e. The number of aryl methyl sites for hydroxylation is 1. The molecule has 2 N–H and O–H groups in total. The number of carbonyl (C=O) groups is 1. The van der Waals surface area contributed by atoms with E-state index in [0.717, 1.165) is 67.1 Å². The van der Waals surface area contributed by atoms with Gasteiger partial charge in [0.05, 0.1) is 12.1 Å². The van der Waals surface area contributed by atoms with Gasteiger partial charge in [-0.2, -0.15) is 0 Å². The first kappa shape index (κ1) is 20.3. The van der Waals surface area contributed by atoms with Crippen LogP contribution in [-0.4, -0.2) is 47.2 Å². The second kappa shape index (κ2) is 9.71. The van der Waals surface area contributed by atoms with Gasteiger partial charge in [0.1, 0.15) is 11.6 Å². The van der Waals surface area contributed by atoms with E-state index >= 15 is 0 Å². The number of nitrogens with one attached hydrogen (secondary N) is 2. The third-order valence-electron chi connectivity index (χ3n) is 5.42. The Morgan fingerprint density at radius 3 is 2.93 bits per heavy atom. The van der Waals surface area contributed by atoms with Crippen LogP contribution in [0.4, 0.5) is 0 Å². The van der Waals surface area contributed by atoms with Gasteiger partial charge < -0.3 is 19.8 Å². The number of aromatic nitrogens is 3. The van der Waals surface area contributed by atoms with E-state index in [4.69, 9.17) is 14.5 Å².